The number of rotatable bonds is 4. The molecule has 2 rings (SSSR count). The molecule has 0 spiro atoms. The van der Waals surface area contributed by atoms with Crippen molar-refractivity contribution >= 4 is 50.2 Å². The minimum atomic E-state index is 0.829. The zero-order valence-corrected chi connectivity index (χ0v) is 11.8. The van der Waals surface area contributed by atoms with Crippen LogP contribution in [0, 0.1) is 0 Å². The standard InChI is InChI=1S/C10H9BrClNS2/c11-7-1-9(14-5-7)3-13-4-10-2-8(12)6-15-10/h1-2,5-6,13H,3-4H2. The van der Waals surface area contributed by atoms with Crippen LogP contribution in [0.25, 0.3) is 0 Å². The molecule has 1 nitrogen and oxygen atoms in total. The number of thiophene rings is 2. The highest BCUT2D eigenvalue weighted by atomic mass is 79.9. The van der Waals surface area contributed by atoms with Crippen molar-refractivity contribution in [3.05, 3.63) is 42.1 Å². The van der Waals surface area contributed by atoms with Crippen LogP contribution in [0.1, 0.15) is 9.75 Å². The third-order valence-corrected chi connectivity index (χ3v) is 4.82. The molecule has 2 aromatic rings. The van der Waals surface area contributed by atoms with Crippen LogP contribution in [0.2, 0.25) is 5.02 Å². The Balaban J connectivity index is 1.80. The monoisotopic (exact) mass is 321 g/mol. The van der Waals surface area contributed by atoms with Crippen LogP contribution in [0.5, 0.6) is 0 Å². The fourth-order valence-electron chi connectivity index (χ4n) is 1.20. The highest BCUT2D eigenvalue weighted by Gasteiger charge is 1.99. The Labute approximate surface area is 110 Å². The molecular formula is C10H9BrClNS2. The van der Waals surface area contributed by atoms with E-state index in [-0.39, 0.29) is 0 Å². The van der Waals surface area contributed by atoms with Crippen molar-refractivity contribution in [2.75, 3.05) is 0 Å². The Kier molecular flexibility index (Phi) is 4.22. The van der Waals surface area contributed by atoms with Crippen LogP contribution in [0.15, 0.2) is 27.4 Å². The first kappa shape index (κ1) is 11.6. The van der Waals surface area contributed by atoms with Gasteiger partial charge in [0.1, 0.15) is 0 Å². The molecule has 0 saturated carbocycles. The molecule has 0 bridgehead atoms. The molecule has 0 radical (unpaired) electrons. The van der Waals surface area contributed by atoms with E-state index in [0.29, 0.717) is 0 Å². The van der Waals surface area contributed by atoms with Crippen molar-refractivity contribution in [1.82, 2.24) is 5.32 Å². The summed E-state index contributed by atoms with van der Waals surface area (Å²) >= 11 is 12.7. The van der Waals surface area contributed by atoms with Crippen molar-refractivity contribution in [1.29, 1.82) is 0 Å². The summed E-state index contributed by atoms with van der Waals surface area (Å²) in [6.07, 6.45) is 0. The van der Waals surface area contributed by atoms with Gasteiger partial charge < -0.3 is 5.32 Å². The van der Waals surface area contributed by atoms with Gasteiger partial charge in [-0.25, -0.2) is 0 Å². The maximum absolute atomic E-state index is 5.84. The molecule has 0 aromatic carbocycles. The van der Waals surface area contributed by atoms with Gasteiger partial charge in [-0.05, 0) is 28.1 Å². The van der Waals surface area contributed by atoms with E-state index in [4.69, 9.17) is 11.6 Å². The van der Waals surface area contributed by atoms with Gasteiger partial charge in [0, 0.05) is 38.1 Å². The third-order valence-electron chi connectivity index (χ3n) is 1.84. The molecule has 80 valence electrons. The third kappa shape index (κ3) is 3.57. The molecule has 0 unspecified atom stereocenters. The molecular weight excluding hydrogens is 314 g/mol. The van der Waals surface area contributed by atoms with Gasteiger partial charge in [-0.2, -0.15) is 0 Å². The molecule has 0 fully saturated rings. The summed E-state index contributed by atoms with van der Waals surface area (Å²) in [6.45, 7) is 1.79. The van der Waals surface area contributed by atoms with Crippen molar-refractivity contribution in [2.45, 2.75) is 13.1 Å². The largest absolute Gasteiger partial charge is 0.307 e. The maximum atomic E-state index is 5.84. The van der Waals surface area contributed by atoms with E-state index in [1.165, 1.54) is 9.75 Å². The van der Waals surface area contributed by atoms with Gasteiger partial charge in [-0.3, -0.25) is 0 Å². The number of nitrogens with one attached hydrogen (secondary N) is 1. The second-order valence-corrected chi connectivity index (χ2v) is 6.41. The maximum Gasteiger partial charge on any atom is 0.0516 e. The molecule has 0 aliphatic heterocycles. The zero-order valence-electron chi connectivity index (χ0n) is 7.80. The molecule has 0 aliphatic rings. The lowest BCUT2D eigenvalue weighted by molar-refractivity contribution is 0.709. The molecule has 0 aliphatic carbocycles. The van der Waals surface area contributed by atoms with Crippen molar-refractivity contribution < 1.29 is 0 Å². The normalized spacial score (nSPS) is 10.8. The topological polar surface area (TPSA) is 12.0 Å². The number of hydrogen-bond donors (Lipinski definition) is 1. The molecule has 1 N–H and O–H groups in total. The van der Waals surface area contributed by atoms with Gasteiger partial charge >= 0.3 is 0 Å². The first-order valence-corrected chi connectivity index (χ1v) is 7.33. The minimum absolute atomic E-state index is 0.829. The lowest BCUT2D eigenvalue weighted by atomic mass is 10.4. The Morgan fingerprint density at radius 1 is 1.13 bits per heavy atom. The van der Waals surface area contributed by atoms with Crippen LogP contribution in [-0.4, -0.2) is 0 Å². The predicted molar refractivity (Wildman–Crippen MR) is 71.9 cm³/mol. The Morgan fingerprint density at radius 2 is 1.80 bits per heavy atom. The molecule has 0 atom stereocenters. The summed E-state index contributed by atoms with van der Waals surface area (Å²) in [4.78, 5) is 2.61. The van der Waals surface area contributed by atoms with Gasteiger partial charge in [0.05, 0.1) is 5.02 Å². The van der Waals surface area contributed by atoms with Gasteiger partial charge in [0.25, 0.3) is 0 Å². The van der Waals surface area contributed by atoms with Gasteiger partial charge in [0.15, 0.2) is 0 Å². The second kappa shape index (κ2) is 5.46. The van der Waals surface area contributed by atoms with E-state index >= 15 is 0 Å². The highest BCUT2D eigenvalue weighted by Crippen LogP contribution is 2.21. The lowest BCUT2D eigenvalue weighted by Gasteiger charge is -1.99. The van der Waals surface area contributed by atoms with E-state index in [1.54, 1.807) is 22.7 Å². The van der Waals surface area contributed by atoms with Gasteiger partial charge in [0.2, 0.25) is 0 Å². The highest BCUT2D eigenvalue weighted by molar-refractivity contribution is 9.10. The Bertz CT molecular complexity index is 398. The minimum Gasteiger partial charge on any atom is -0.307 e. The average molecular weight is 323 g/mol. The van der Waals surface area contributed by atoms with E-state index in [1.807, 2.05) is 11.4 Å². The summed E-state index contributed by atoms with van der Waals surface area (Å²) in [6, 6.07) is 4.14. The van der Waals surface area contributed by atoms with E-state index in [9.17, 15) is 0 Å². The van der Waals surface area contributed by atoms with Crippen LogP contribution in [0.3, 0.4) is 0 Å². The molecule has 2 heterocycles. The summed E-state index contributed by atoms with van der Waals surface area (Å²) < 4.78 is 1.16. The lowest BCUT2D eigenvalue weighted by Crippen LogP contribution is -2.10. The Hall–Kier alpha value is 0.130. The summed E-state index contributed by atoms with van der Waals surface area (Å²) in [5, 5.41) is 8.27. The van der Waals surface area contributed by atoms with Crippen LogP contribution in [0.4, 0.5) is 0 Å². The van der Waals surface area contributed by atoms with Crippen LogP contribution in [-0.2, 0) is 13.1 Å². The smallest absolute Gasteiger partial charge is 0.0516 e. The fraction of sp³-hybridized carbons (Fsp3) is 0.200. The van der Waals surface area contributed by atoms with Gasteiger partial charge in [-0.15, -0.1) is 22.7 Å². The summed E-state index contributed by atoms with van der Waals surface area (Å²) in [5.41, 5.74) is 0. The van der Waals surface area contributed by atoms with Crippen molar-refractivity contribution in [3.8, 4) is 0 Å². The zero-order chi connectivity index (χ0) is 10.7. The molecule has 2 aromatic heterocycles. The van der Waals surface area contributed by atoms with Crippen molar-refractivity contribution in [2.24, 2.45) is 0 Å². The van der Waals surface area contributed by atoms with E-state index < -0.39 is 0 Å². The molecule has 0 saturated heterocycles. The fourth-order valence-corrected chi connectivity index (χ4v) is 3.66. The van der Waals surface area contributed by atoms with E-state index in [2.05, 4.69) is 32.7 Å². The van der Waals surface area contributed by atoms with Gasteiger partial charge in [-0.1, -0.05) is 11.6 Å². The first-order valence-electron chi connectivity index (χ1n) is 4.40. The van der Waals surface area contributed by atoms with Crippen molar-refractivity contribution in [3.63, 3.8) is 0 Å². The Morgan fingerprint density at radius 3 is 2.33 bits per heavy atom. The van der Waals surface area contributed by atoms with Crippen LogP contribution >= 0.6 is 50.2 Å². The van der Waals surface area contributed by atoms with E-state index in [0.717, 1.165) is 22.6 Å². The average Bonchev–Trinajstić information content (AvgIpc) is 2.76. The number of halogens is 2. The SMILES string of the molecule is Clc1csc(CNCc2cc(Br)cs2)c1. The second-order valence-electron chi connectivity index (χ2n) is 3.07. The predicted octanol–water partition coefficient (Wildman–Crippen LogP) is 4.52. The van der Waals surface area contributed by atoms with Crippen LogP contribution < -0.4 is 5.32 Å². The molecule has 5 heteroatoms. The summed E-state index contributed by atoms with van der Waals surface area (Å²) in [5.74, 6) is 0. The quantitative estimate of drug-likeness (QED) is 0.873. The molecule has 15 heavy (non-hydrogen) atoms. The first-order chi connectivity index (χ1) is 7.24. The summed E-state index contributed by atoms with van der Waals surface area (Å²) in [7, 11) is 0. The molecule has 0 amide bonds. The number of hydrogen-bond acceptors (Lipinski definition) is 3.